The molecule has 0 radical (unpaired) electrons. The molecule has 0 amide bonds. The first-order valence-corrected chi connectivity index (χ1v) is 5.96. The van der Waals surface area contributed by atoms with Crippen molar-refractivity contribution in [2.24, 2.45) is 5.10 Å². The number of hydrogen-bond acceptors (Lipinski definition) is 7. The number of benzene rings is 1. The van der Waals surface area contributed by atoms with Gasteiger partial charge in [-0.3, -0.25) is 5.43 Å². The lowest BCUT2D eigenvalue weighted by atomic mass is 10.2. The highest BCUT2D eigenvalue weighted by Gasteiger charge is 2.16. The fraction of sp³-hybridized carbons (Fsp3) is 0.167. The summed E-state index contributed by atoms with van der Waals surface area (Å²) >= 11 is 3.24. The number of nitrogens with one attached hydrogen (secondary N) is 1. The standard InChI is InChI=1S/C12H9BrN4O3/c1-19-11-4-10(17-16-7(5-14)6-15)9(13)3-8(11)12(18)20-2/h3-4,17H,1-2H3. The zero-order chi connectivity index (χ0) is 15.1. The average molecular weight is 337 g/mol. The smallest absolute Gasteiger partial charge is 0.341 e. The van der Waals surface area contributed by atoms with Gasteiger partial charge >= 0.3 is 5.97 Å². The van der Waals surface area contributed by atoms with Crippen molar-refractivity contribution in [2.75, 3.05) is 19.6 Å². The SMILES string of the molecule is COC(=O)c1cc(Br)c(NN=C(C#N)C#N)cc1OC. The van der Waals surface area contributed by atoms with E-state index in [9.17, 15) is 4.79 Å². The van der Waals surface area contributed by atoms with Crippen LogP contribution in [0.2, 0.25) is 0 Å². The monoisotopic (exact) mass is 336 g/mol. The predicted octanol–water partition coefficient (Wildman–Crippen LogP) is 2.06. The molecule has 1 aromatic carbocycles. The molecule has 0 aliphatic heterocycles. The Labute approximate surface area is 123 Å². The van der Waals surface area contributed by atoms with E-state index < -0.39 is 5.97 Å². The zero-order valence-electron chi connectivity index (χ0n) is 10.6. The number of anilines is 1. The molecule has 20 heavy (non-hydrogen) atoms. The Kier molecular flexibility index (Phi) is 5.51. The van der Waals surface area contributed by atoms with Crippen LogP contribution in [-0.2, 0) is 4.74 Å². The Morgan fingerprint density at radius 2 is 2.00 bits per heavy atom. The lowest BCUT2D eigenvalue weighted by molar-refractivity contribution is 0.0597. The number of esters is 1. The molecule has 0 spiro atoms. The van der Waals surface area contributed by atoms with E-state index in [1.54, 1.807) is 12.1 Å². The fourth-order valence-electron chi connectivity index (χ4n) is 1.27. The summed E-state index contributed by atoms with van der Waals surface area (Å²) in [5, 5.41) is 20.8. The molecule has 102 valence electrons. The summed E-state index contributed by atoms with van der Waals surface area (Å²) in [7, 11) is 2.66. The highest BCUT2D eigenvalue weighted by atomic mass is 79.9. The minimum Gasteiger partial charge on any atom is -0.496 e. The minimum absolute atomic E-state index is 0.234. The Morgan fingerprint density at radius 3 is 2.50 bits per heavy atom. The van der Waals surface area contributed by atoms with Crippen LogP contribution >= 0.6 is 15.9 Å². The second kappa shape index (κ2) is 7.12. The maximum Gasteiger partial charge on any atom is 0.341 e. The van der Waals surface area contributed by atoms with Gasteiger partial charge in [-0.1, -0.05) is 0 Å². The average Bonchev–Trinajstić information content (AvgIpc) is 2.48. The number of methoxy groups -OCH3 is 2. The summed E-state index contributed by atoms with van der Waals surface area (Å²) in [6.45, 7) is 0. The molecule has 1 rings (SSSR count). The van der Waals surface area contributed by atoms with Gasteiger partial charge in [0.1, 0.15) is 23.5 Å². The third-order valence-electron chi connectivity index (χ3n) is 2.19. The molecule has 0 fully saturated rings. The van der Waals surface area contributed by atoms with Crippen LogP contribution in [0.5, 0.6) is 5.75 Å². The molecule has 0 aliphatic rings. The molecule has 0 saturated carbocycles. The van der Waals surface area contributed by atoms with E-state index in [0.29, 0.717) is 10.2 Å². The lowest BCUT2D eigenvalue weighted by Crippen LogP contribution is -2.05. The molecular weight excluding hydrogens is 328 g/mol. The molecule has 0 heterocycles. The van der Waals surface area contributed by atoms with Crippen molar-refractivity contribution in [3.63, 3.8) is 0 Å². The van der Waals surface area contributed by atoms with Crippen LogP contribution in [0.25, 0.3) is 0 Å². The number of nitrogens with zero attached hydrogens (tertiary/aromatic N) is 3. The van der Waals surface area contributed by atoms with Crippen molar-refractivity contribution in [2.45, 2.75) is 0 Å². The molecule has 0 aliphatic carbocycles. The van der Waals surface area contributed by atoms with Gasteiger partial charge in [0, 0.05) is 10.5 Å². The van der Waals surface area contributed by atoms with Crippen LogP contribution in [0.15, 0.2) is 21.7 Å². The number of nitriles is 2. The molecule has 0 atom stereocenters. The van der Waals surface area contributed by atoms with E-state index in [-0.39, 0.29) is 17.0 Å². The number of hydrazone groups is 1. The van der Waals surface area contributed by atoms with Crippen molar-refractivity contribution in [1.82, 2.24) is 0 Å². The van der Waals surface area contributed by atoms with Crippen LogP contribution in [0.4, 0.5) is 5.69 Å². The quantitative estimate of drug-likeness (QED) is 0.512. The first-order valence-electron chi connectivity index (χ1n) is 5.17. The van der Waals surface area contributed by atoms with E-state index >= 15 is 0 Å². The summed E-state index contributed by atoms with van der Waals surface area (Å²) in [5.41, 5.74) is 2.87. The lowest BCUT2D eigenvalue weighted by Gasteiger charge is -2.11. The Morgan fingerprint density at radius 1 is 1.35 bits per heavy atom. The molecule has 1 N–H and O–H groups in total. The van der Waals surface area contributed by atoms with E-state index in [0.717, 1.165) is 0 Å². The maximum atomic E-state index is 11.6. The number of rotatable bonds is 4. The highest BCUT2D eigenvalue weighted by Crippen LogP contribution is 2.31. The molecule has 7 nitrogen and oxygen atoms in total. The van der Waals surface area contributed by atoms with Gasteiger partial charge in [-0.05, 0) is 22.0 Å². The van der Waals surface area contributed by atoms with Crippen molar-refractivity contribution in [3.05, 3.63) is 22.2 Å². The van der Waals surface area contributed by atoms with Crippen molar-refractivity contribution >= 4 is 33.3 Å². The first kappa shape index (κ1) is 15.5. The van der Waals surface area contributed by atoms with E-state index in [1.165, 1.54) is 26.4 Å². The van der Waals surface area contributed by atoms with Crippen LogP contribution in [0.3, 0.4) is 0 Å². The number of carbonyl (C=O) groups excluding carboxylic acids is 1. The van der Waals surface area contributed by atoms with E-state index in [1.807, 2.05) is 0 Å². The summed E-state index contributed by atoms with van der Waals surface area (Å²) in [5.74, 6) is -0.277. The third kappa shape index (κ3) is 3.46. The summed E-state index contributed by atoms with van der Waals surface area (Å²) < 4.78 is 10.2. The molecule has 0 bridgehead atoms. The Balaban J connectivity index is 3.19. The van der Waals surface area contributed by atoms with Crippen molar-refractivity contribution in [3.8, 4) is 17.9 Å². The van der Waals surface area contributed by atoms with Crippen molar-refractivity contribution in [1.29, 1.82) is 10.5 Å². The predicted molar refractivity (Wildman–Crippen MR) is 74.3 cm³/mol. The number of carbonyl (C=O) groups is 1. The van der Waals surface area contributed by atoms with E-state index in [4.69, 9.17) is 15.3 Å². The molecule has 1 aromatic rings. The summed E-state index contributed by atoms with van der Waals surface area (Å²) in [6, 6.07) is 6.21. The van der Waals surface area contributed by atoms with Crippen LogP contribution in [0, 0.1) is 22.7 Å². The second-order valence-corrected chi connectivity index (χ2v) is 4.17. The van der Waals surface area contributed by atoms with Gasteiger partial charge < -0.3 is 9.47 Å². The minimum atomic E-state index is -0.549. The van der Waals surface area contributed by atoms with Gasteiger partial charge in [0.15, 0.2) is 0 Å². The molecule has 8 heteroatoms. The number of halogens is 1. The topological polar surface area (TPSA) is 107 Å². The number of ether oxygens (including phenoxy) is 2. The maximum absolute atomic E-state index is 11.6. The van der Waals surface area contributed by atoms with Gasteiger partial charge in [-0.15, -0.1) is 0 Å². The Bertz CT molecular complexity index is 627. The summed E-state index contributed by atoms with van der Waals surface area (Å²) in [6.07, 6.45) is 0. The van der Waals surface area contributed by atoms with E-state index in [2.05, 4.69) is 31.2 Å². The van der Waals surface area contributed by atoms with Gasteiger partial charge in [0.25, 0.3) is 0 Å². The van der Waals surface area contributed by atoms with Crippen molar-refractivity contribution < 1.29 is 14.3 Å². The largest absolute Gasteiger partial charge is 0.496 e. The van der Waals surface area contributed by atoms with Crippen LogP contribution in [-0.4, -0.2) is 25.9 Å². The molecule has 0 saturated heterocycles. The Hall–Kier alpha value is -2.58. The van der Waals surface area contributed by atoms with Gasteiger partial charge in [0.2, 0.25) is 5.71 Å². The molecular formula is C12H9BrN4O3. The normalized spacial score (nSPS) is 8.85. The molecule has 0 aromatic heterocycles. The number of hydrogen-bond donors (Lipinski definition) is 1. The zero-order valence-corrected chi connectivity index (χ0v) is 12.2. The van der Waals surface area contributed by atoms with Crippen LogP contribution < -0.4 is 10.2 Å². The van der Waals surface area contributed by atoms with Gasteiger partial charge in [0.05, 0.1) is 19.9 Å². The second-order valence-electron chi connectivity index (χ2n) is 3.32. The fourth-order valence-corrected chi connectivity index (χ4v) is 1.70. The van der Waals surface area contributed by atoms with Gasteiger partial charge in [-0.25, -0.2) is 4.79 Å². The highest BCUT2D eigenvalue weighted by molar-refractivity contribution is 9.10. The summed E-state index contributed by atoms with van der Waals surface area (Å²) in [4.78, 5) is 11.6. The van der Waals surface area contributed by atoms with Gasteiger partial charge in [-0.2, -0.15) is 15.6 Å². The molecule has 0 unspecified atom stereocenters. The first-order chi connectivity index (χ1) is 9.57. The third-order valence-corrected chi connectivity index (χ3v) is 2.85. The van der Waals surface area contributed by atoms with Crippen LogP contribution in [0.1, 0.15) is 10.4 Å².